The van der Waals surface area contributed by atoms with Crippen molar-refractivity contribution in [3.8, 4) is 0 Å². The summed E-state index contributed by atoms with van der Waals surface area (Å²) in [6.45, 7) is 0.841. The lowest BCUT2D eigenvalue weighted by molar-refractivity contribution is -0.395. The number of hydrogen-bond donors (Lipinski definition) is 1. The van der Waals surface area contributed by atoms with E-state index in [2.05, 4.69) is 10.4 Å². The molecule has 0 saturated heterocycles. The Hall–Kier alpha value is -3.44. The molecule has 1 aliphatic carbocycles. The maximum Gasteiger partial charge on any atom is 0.282 e. The van der Waals surface area contributed by atoms with Crippen molar-refractivity contribution in [1.82, 2.24) is 9.78 Å². The Morgan fingerprint density at radius 1 is 1.25 bits per heavy atom. The number of carbonyl (C=O) groups is 1. The fraction of sp³-hybridized carbons (Fsp3) is 0.375. The van der Waals surface area contributed by atoms with Crippen molar-refractivity contribution in [1.29, 1.82) is 0 Å². The van der Waals surface area contributed by atoms with Gasteiger partial charge in [-0.3, -0.25) is 29.7 Å². The molecule has 1 saturated carbocycles. The summed E-state index contributed by atoms with van der Waals surface area (Å²) in [6.07, 6.45) is -1.15. The zero-order valence-corrected chi connectivity index (χ0v) is 14.6. The topological polar surface area (TPSA) is 133 Å². The lowest BCUT2D eigenvalue weighted by atomic mass is 10.1. The summed E-state index contributed by atoms with van der Waals surface area (Å²) in [6, 6.07) is 3.28. The Morgan fingerprint density at radius 2 is 1.82 bits per heavy atom. The zero-order chi connectivity index (χ0) is 20.6. The molecule has 0 radical (unpaired) electrons. The fourth-order valence-electron chi connectivity index (χ4n) is 2.86. The summed E-state index contributed by atoms with van der Waals surface area (Å²) in [5, 5.41) is 28.3. The summed E-state index contributed by atoms with van der Waals surface area (Å²) in [5.41, 5.74) is -1.21. The molecule has 0 spiro atoms. The number of benzene rings is 1. The van der Waals surface area contributed by atoms with Gasteiger partial charge in [-0.1, -0.05) is 0 Å². The predicted octanol–water partition coefficient (Wildman–Crippen LogP) is 3.46. The Morgan fingerprint density at radius 3 is 2.29 bits per heavy atom. The molecule has 148 valence electrons. The van der Waals surface area contributed by atoms with Crippen molar-refractivity contribution >= 4 is 23.0 Å². The highest BCUT2D eigenvalue weighted by Gasteiger charge is 2.30. The maximum absolute atomic E-state index is 12.9. The van der Waals surface area contributed by atoms with Crippen molar-refractivity contribution in [2.24, 2.45) is 0 Å². The van der Waals surface area contributed by atoms with E-state index in [1.165, 1.54) is 17.7 Å². The van der Waals surface area contributed by atoms with Crippen LogP contribution in [-0.2, 0) is 11.3 Å². The van der Waals surface area contributed by atoms with E-state index >= 15 is 0 Å². The van der Waals surface area contributed by atoms with E-state index in [0.717, 1.165) is 25.0 Å². The first-order valence-electron chi connectivity index (χ1n) is 8.26. The van der Waals surface area contributed by atoms with Crippen molar-refractivity contribution in [2.45, 2.75) is 38.7 Å². The van der Waals surface area contributed by atoms with Crippen LogP contribution in [0, 0.1) is 27.2 Å². The largest absolute Gasteiger partial charge is 0.324 e. The molecular formula is C16H15F2N5O5. The number of aromatic nitrogens is 2. The number of alkyl halides is 2. The number of carbonyl (C=O) groups excluding carboxylic acids is 1. The quantitative estimate of drug-likeness (QED) is 0.564. The van der Waals surface area contributed by atoms with Crippen LogP contribution in [-0.4, -0.2) is 25.5 Å². The van der Waals surface area contributed by atoms with Gasteiger partial charge >= 0.3 is 0 Å². The molecule has 12 heteroatoms. The summed E-state index contributed by atoms with van der Waals surface area (Å²) in [4.78, 5) is 32.9. The summed E-state index contributed by atoms with van der Waals surface area (Å²) in [7, 11) is 0. The SMILES string of the molecule is Cc1c([N+](=O)[O-])cc(NC(=O)Cn2nc(C(F)F)cc2C2CC2)cc1[N+](=O)[O-]. The highest BCUT2D eigenvalue weighted by Crippen LogP contribution is 2.41. The van der Waals surface area contributed by atoms with E-state index in [9.17, 15) is 33.8 Å². The molecule has 1 amide bonds. The smallest absolute Gasteiger partial charge is 0.282 e. The number of nitrogens with one attached hydrogen (secondary N) is 1. The Balaban J connectivity index is 1.84. The monoisotopic (exact) mass is 395 g/mol. The number of amides is 1. The molecule has 1 aromatic carbocycles. The van der Waals surface area contributed by atoms with Gasteiger partial charge in [0, 0.05) is 23.7 Å². The molecule has 0 bridgehead atoms. The Bertz CT molecular complexity index is 935. The molecule has 0 aliphatic heterocycles. The van der Waals surface area contributed by atoms with Crippen LogP contribution in [0.25, 0.3) is 0 Å². The lowest BCUT2D eigenvalue weighted by Crippen LogP contribution is -2.21. The first-order chi connectivity index (χ1) is 13.2. The van der Waals surface area contributed by atoms with Gasteiger partial charge in [-0.2, -0.15) is 5.10 Å². The van der Waals surface area contributed by atoms with Gasteiger partial charge < -0.3 is 5.32 Å². The van der Waals surface area contributed by atoms with Crippen molar-refractivity contribution in [3.63, 3.8) is 0 Å². The van der Waals surface area contributed by atoms with Crippen LogP contribution in [0.4, 0.5) is 25.8 Å². The minimum absolute atomic E-state index is 0.0642. The second-order valence-electron chi connectivity index (χ2n) is 6.43. The van der Waals surface area contributed by atoms with Gasteiger partial charge in [0.1, 0.15) is 17.8 Å². The molecule has 1 aromatic heterocycles. The second-order valence-corrected chi connectivity index (χ2v) is 6.43. The molecule has 2 aromatic rings. The van der Waals surface area contributed by atoms with Crippen molar-refractivity contribution in [2.75, 3.05) is 5.32 Å². The summed E-state index contributed by atoms with van der Waals surface area (Å²) >= 11 is 0. The van der Waals surface area contributed by atoms with E-state index in [4.69, 9.17) is 0 Å². The summed E-state index contributed by atoms with van der Waals surface area (Å²) < 4.78 is 27.0. The molecule has 10 nitrogen and oxygen atoms in total. The van der Waals surface area contributed by atoms with Crippen LogP contribution in [0.15, 0.2) is 18.2 Å². The molecule has 28 heavy (non-hydrogen) atoms. The summed E-state index contributed by atoms with van der Waals surface area (Å²) in [5.74, 6) is -0.632. The van der Waals surface area contributed by atoms with Crippen molar-refractivity contribution in [3.05, 3.63) is 55.4 Å². The van der Waals surface area contributed by atoms with Gasteiger partial charge in [-0.25, -0.2) is 8.78 Å². The molecule has 1 aliphatic rings. The van der Waals surface area contributed by atoms with Crippen LogP contribution in [0.2, 0.25) is 0 Å². The van der Waals surface area contributed by atoms with Gasteiger partial charge in [0.15, 0.2) is 0 Å². The standard InChI is InChI=1S/C16H15F2N5O5/c1-8-12(22(25)26)4-10(5-13(8)23(27)28)19-15(24)7-21-14(9-2-3-9)6-11(20-21)16(17)18/h4-6,9,16H,2-3,7H2,1H3,(H,19,24). The third-order valence-corrected chi connectivity index (χ3v) is 4.37. The van der Waals surface area contributed by atoms with Crippen LogP contribution in [0.5, 0.6) is 0 Å². The third-order valence-electron chi connectivity index (χ3n) is 4.37. The number of halogens is 2. The Kier molecular flexibility index (Phi) is 5.03. The maximum atomic E-state index is 12.9. The molecule has 1 N–H and O–H groups in total. The van der Waals surface area contributed by atoms with Gasteiger partial charge in [-0.05, 0) is 25.8 Å². The first kappa shape index (κ1) is 19.3. The molecular weight excluding hydrogens is 380 g/mol. The fourth-order valence-corrected chi connectivity index (χ4v) is 2.86. The first-order valence-corrected chi connectivity index (χ1v) is 8.26. The van der Waals surface area contributed by atoms with Crippen molar-refractivity contribution < 1.29 is 23.4 Å². The molecule has 0 unspecified atom stereocenters. The third kappa shape index (κ3) is 3.94. The molecule has 1 fully saturated rings. The minimum atomic E-state index is -2.77. The average molecular weight is 395 g/mol. The minimum Gasteiger partial charge on any atom is -0.324 e. The predicted molar refractivity (Wildman–Crippen MR) is 92.3 cm³/mol. The number of rotatable bonds is 7. The number of nitrogens with zero attached hydrogens (tertiary/aromatic N) is 4. The van der Waals surface area contributed by atoms with Gasteiger partial charge in [0.05, 0.1) is 15.5 Å². The number of nitro benzene ring substituents is 2. The Labute approximate surface area is 156 Å². The molecule has 3 rings (SSSR count). The van der Waals surface area contributed by atoms with Gasteiger partial charge in [0.25, 0.3) is 17.8 Å². The number of anilines is 1. The van der Waals surface area contributed by atoms with E-state index in [1.807, 2.05) is 0 Å². The van der Waals surface area contributed by atoms with Gasteiger partial charge in [-0.15, -0.1) is 0 Å². The lowest BCUT2D eigenvalue weighted by Gasteiger charge is -2.09. The number of nitro groups is 2. The average Bonchev–Trinajstić information content (AvgIpc) is 3.36. The van der Waals surface area contributed by atoms with E-state index in [1.54, 1.807) is 0 Å². The van der Waals surface area contributed by atoms with E-state index in [0.29, 0.717) is 5.69 Å². The van der Waals surface area contributed by atoms with Crippen LogP contribution in [0.1, 0.15) is 42.1 Å². The normalized spacial score (nSPS) is 13.6. The van der Waals surface area contributed by atoms with Crippen LogP contribution < -0.4 is 5.32 Å². The van der Waals surface area contributed by atoms with Crippen LogP contribution in [0.3, 0.4) is 0 Å². The highest BCUT2D eigenvalue weighted by atomic mass is 19.3. The highest BCUT2D eigenvalue weighted by molar-refractivity contribution is 5.91. The van der Waals surface area contributed by atoms with E-state index in [-0.39, 0.29) is 17.2 Å². The second kappa shape index (κ2) is 7.29. The molecule has 1 heterocycles. The zero-order valence-electron chi connectivity index (χ0n) is 14.6. The van der Waals surface area contributed by atoms with E-state index < -0.39 is 45.8 Å². The van der Waals surface area contributed by atoms with Gasteiger partial charge in [0.2, 0.25) is 5.91 Å². The number of hydrogen-bond acceptors (Lipinski definition) is 6. The van der Waals surface area contributed by atoms with Crippen LogP contribution >= 0.6 is 0 Å². The molecule has 0 atom stereocenters.